The van der Waals surface area contributed by atoms with Crippen LogP contribution >= 0.6 is 11.6 Å². The molecule has 0 saturated carbocycles. The zero-order valence-electron chi connectivity index (χ0n) is 18.1. The molecule has 3 rings (SSSR count). The molecule has 2 aromatic rings. The summed E-state index contributed by atoms with van der Waals surface area (Å²) < 4.78 is 21.6. The topological polar surface area (TPSA) is 86.3 Å². The first-order valence-corrected chi connectivity index (χ1v) is 10.3. The van der Waals surface area contributed by atoms with Gasteiger partial charge >= 0.3 is 0 Å². The van der Waals surface area contributed by atoms with Crippen LogP contribution in [0, 0.1) is 0 Å². The number of hydrogen-bond donors (Lipinski definition) is 1. The highest BCUT2D eigenvalue weighted by atomic mass is 35.5. The second-order valence-electron chi connectivity index (χ2n) is 6.82. The number of carbonyl (C=O) groups is 2. The summed E-state index contributed by atoms with van der Waals surface area (Å²) >= 11 is 6.17. The Kier molecular flexibility index (Phi) is 7.97. The van der Waals surface area contributed by atoms with Crippen molar-refractivity contribution < 1.29 is 28.5 Å². The van der Waals surface area contributed by atoms with Crippen molar-refractivity contribution in [1.82, 2.24) is 10.2 Å². The molecule has 0 unspecified atom stereocenters. The van der Waals surface area contributed by atoms with E-state index in [0.29, 0.717) is 49.1 Å². The zero-order chi connectivity index (χ0) is 23.1. The van der Waals surface area contributed by atoms with Gasteiger partial charge < -0.3 is 29.2 Å². The Morgan fingerprint density at radius 2 is 1.69 bits per heavy atom. The van der Waals surface area contributed by atoms with Crippen LogP contribution in [0.4, 0.5) is 0 Å². The van der Waals surface area contributed by atoms with Gasteiger partial charge in [0.25, 0.3) is 11.8 Å². The Hall–Kier alpha value is -3.23. The smallest absolute Gasteiger partial charge is 0.270 e. The first-order chi connectivity index (χ1) is 15.5. The molecular weight excluding hydrogens is 436 g/mol. The lowest BCUT2D eigenvalue weighted by Gasteiger charge is -2.28. The Bertz CT molecular complexity index is 1020. The van der Waals surface area contributed by atoms with E-state index in [1.807, 2.05) is 0 Å². The molecule has 1 saturated heterocycles. The molecule has 0 radical (unpaired) electrons. The van der Waals surface area contributed by atoms with Crippen LogP contribution in [0.2, 0.25) is 5.02 Å². The summed E-state index contributed by atoms with van der Waals surface area (Å²) in [5, 5.41) is 3.00. The Morgan fingerprint density at radius 3 is 2.31 bits per heavy atom. The zero-order valence-corrected chi connectivity index (χ0v) is 18.9. The molecule has 0 aliphatic carbocycles. The summed E-state index contributed by atoms with van der Waals surface area (Å²) in [4.78, 5) is 27.8. The fraction of sp³-hybridized carbons (Fsp3) is 0.304. The third-order valence-corrected chi connectivity index (χ3v) is 5.26. The molecule has 9 heteroatoms. The van der Waals surface area contributed by atoms with Crippen LogP contribution in [-0.4, -0.2) is 64.3 Å². The van der Waals surface area contributed by atoms with Crippen molar-refractivity contribution >= 4 is 29.5 Å². The lowest BCUT2D eigenvalue weighted by atomic mass is 10.1. The molecule has 8 nitrogen and oxygen atoms in total. The van der Waals surface area contributed by atoms with Crippen molar-refractivity contribution in [1.29, 1.82) is 0 Å². The summed E-state index contributed by atoms with van der Waals surface area (Å²) in [6.45, 7) is 1.69. The lowest BCUT2D eigenvalue weighted by molar-refractivity contribution is -0.131. The number of benzene rings is 2. The van der Waals surface area contributed by atoms with E-state index in [0.717, 1.165) is 0 Å². The van der Waals surface area contributed by atoms with Crippen LogP contribution in [0.5, 0.6) is 17.2 Å². The van der Waals surface area contributed by atoms with Gasteiger partial charge in [0.15, 0.2) is 11.5 Å². The largest absolute Gasteiger partial charge is 0.493 e. The third-order valence-electron chi connectivity index (χ3n) is 4.93. The number of hydrogen-bond acceptors (Lipinski definition) is 6. The number of rotatable bonds is 7. The van der Waals surface area contributed by atoms with E-state index in [-0.39, 0.29) is 22.2 Å². The van der Waals surface area contributed by atoms with Gasteiger partial charge in [-0.15, -0.1) is 0 Å². The van der Waals surface area contributed by atoms with Gasteiger partial charge in [-0.05, 0) is 30.3 Å². The van der Waals surface area contributed by atoms with E-state index < -0.39 is 5.91 Å². The van der Waals surface area contributed by atoms with Crippen LogP contribution in [0.3, 0.4) is 0 Å². The Balaban J connectivity index is 2.04. The standard InChI is InChI=1S/C23H25ClN2O6/c1-29-19-9-8-15(20(30-2)21(19)31-3)14-18(23(28)26-10-12-32-13-11-26)25-22(27)16-6-4-5-7-17(16)24/h4-9,14H,10-13H2,1-3H3,(H,25,27). The molecule has 1 N–H and O–H groups in total. The fourth-order valence-corrected chi connectivity index (χ4v) is 3.54. The SMILES string of the molecule is COc1ccc(C=C(NC(=O)c2ccccc2Cl)C(=O)N2CCOCC2)c(OC)c1OC. The summed E-state index contributed by atoms with van der Waals surface area (Å²) in [7, 11) is 4.50. The first kappa shape index (κ1) is 23.4. The van der Waals surface area contributed by atoms with Gasteiger partial charge in [-0.1, -0.05) is 23.7 Å². The molecule has 1 aliphatic rings. The predicted octanol–water partition coefficient (Wildman–Crippen LogP) is 3.00. The number of amides is 2. The maximum absolute atomic E-state index is 13.3. The lowest BCUT2D eigenvalue weighted by Crippen LogP contribution is -2.44. The van der Waals surface area contributed by atoms with E-state index in [1.54, 1.807) is 47.4 Å². The fourth-order valence-electron chi connectivity index (χ4n) is 3.32. The highest BCUT2D eigenvalue weighted by Crippen LogP contribution is 2.40. The molecule has 32 heavy (non-hydrogen) atoms. The average molecular weight is 461 g/mol. The molecule has 0 aromatic heterocycles. The monoisotopic (exact) mass is 460 g/mol. The van der Waals surface area contributed by atoms with Gasteiger partial charge in [-0.3, -0.25) is 9.59 Å². The van der Waals surface area contributed by atoms with E-state index in [2.05, 4.69) is 5.32 Å². The van der Waals surface area contributed by atoms with E-state index in [4.69, 9.17) is 30.5 Å². The highest BCUT2D eigenvalue weighted by molar-refractivity contribution is 6.34. The Morgan fingerprint density at radius 1 is 1.00 bits per heavy atom. The Labute approximate surface area is 191 Å². The molecule has 0 atom stereocenters. The van der Waals surface area contributed by atoms with Gasteiger partial charge in [0.2, 0.25) is 5.75 Å². The number of halogens is 1. The van der Waals surface area contributed by atoms with Crippen LogP contribution < -0.4 is 19.5 Å². The molecule has 1 fully saturated rings. The van der Waals surface area contributed by atoms with E-state index in [1.165, 1.54) is 21.3 Å². The van der Waals surface area contributed by atoms with Gasteiger partial charge in [0.05, 0.1) is 45.1 Å². The van der Waals surface area contributed by atoms with Crippen molar-refractivity contribution in [3.8, 4) is 17.2 Å². The minimum absolute atomic E-state index is 0.0716. The van der Waals surface area contributed by atoms with Gasteiger partial charge in [0, 0.05) is 18.7 Å². The van der Waals surface area contributed by atoms with Gasteiger partial charge in [-0.2, -0.15) is 0 Å². The van der Waals surface area contributed by atoms with Gasteiger partial charge in [0.1, 0.15) is 5.70 Å². The maximum atomic E-state index is 13.3. The molecular formula is C23H25ClN2O6. The third kappa shape index (κ3) is 5.15. The van der Waals surface area contributed by atoms with Crippen LogP contribution in [0.1, 0.15) is 15.9 Å². The number of morpholine rings is 1. The van der Waals surface area contributed by atoms with Crippen molar-refractivity contribution in [3.63, 3.8) is 0 Å². The van der Waals surface area contributed by atoms with Crippen LogP contribution in [0.25, 0.3) is 6.08 Å². The molecule has 2 amide bonds. The second kappa shape index (κ2) is 10.9. The van der Waals surface area contributed by atoms with Crippen molar-refractivity contribution in [2.45, 2.75) is 0 Å². The number of ether oxygens (including phenoxy) is 4. The molecule has 170 valence electrons. The minimum atomic E-state index is -0.497. The summed E-state index contributed by atoms with van der Waals surface area (Å²) in [6, 6.07) is 10.0. The number of nitrogens with zero attached hydrogens (tertiary/aromatic N) is 1. The normalized spacial score (nSPS) is 14.0. The van der Waals surface area contributed by atoms with E-state index in [9.17, 15) is 9.59 Å². The maximum Gasteiger partial charge on any atom is 0.270 e. The summed E-state index contributed by atoms with van der Waals surface area (Å²) in [5.74, 6) is 0.376. The molecule has 2 aromatic carbocycles. The number of methoxy groups -OCH3 is 3. The van der Waals surface area contributed by atoms with Crippen molar-refractivity contribution in [2.24, 2.45) is 0 Å². The number of carbonyl (C=O) groups excluding carboxylic acids is 2. The minimum Gasteiger partial charge on any atom is -0.493 e. The summed E-state index contributed by atoms with van der Waals surface area (Å²) in [5.41, 5.74) is 0.859. The van der Waals surface area contributed by atoms with Crippen LogP contribution in [0.15, 0.2) is 42.1 Å². The van der Waals surface area contributed by atoms with Crippen molar-refractivity contribution in [2.75, 3.05) is 47.6 Å². The molecule has 1 heterocycles. The average Bonchev–Trinajstić information content (AvgIpc) is 2.83. The van der Waals surface area contributed by atoms with E-state index >= 15 is 0 Å². The first-order valence-electron chi connectivity index (χ1n) is 9.93. The number of nitrogens with one attached hydrogen (secondary N) is 1. The van der Waals surface area contributed by atoms with Crippen LogP contribution in [-0.2, 0) is 9.53 Å². The molecule has 1 aliphatic heterocycles. The molecule has 0 spiro atoms. The second-order valence-corrected chi connectivity index (χ2v) is 7.23. The van der Waals surface area contributed by atoms with Crippen molar-refractivity contribution in [3.05, 3.63) is 58.2 Å². The highest BCUT2D eigenvalue weighted by Gasteiger charge is 2.24. The summed E-state index contributed by atoms with van der Waals surface area (Å²) in [6.07, 6.45) is 1.55. The predicted molar refractivity (Wildman–Crippen MR) is 120 cm³/mol. The molecule has 0 bridgehead atoms. The van der Waals surface area contributed by atoms with Gasteiger partial charge in [-0.25, -0.2) is 0 Å². The quantitative estimate of drug-likeness (QED) is 0.639.